The van der Waals surface area contributed by atoms with E-state index in [9.17, 15) is 15.3 Å². The van der Waals surface area contributed by atoms with E-state index in [0.29, 0.717) is 5.56 Å². The van der Waals surface area contributed by atoms with Gasteiger partial charge in [0.15, 0.2) is 28.7 Å². The third-order valence-corrected chi connectivity index (χ3v) is 9.58. The van der Waals surface area contributed by atoms with Crippen molar-refractivity contribution in [1.82, 2.24) is 5.28 Å². The van der Waals surface area contributed by atoms with Crippen LogP contribution >= 0.6 is 0 Å². The van der Waals surface area contributed by atoms with Gasteiger partial charge in [0.2, 0.25) is 17.5 Å². The van der Waals surface area contributed by atoms with Crippen LogP contribution in [-0.2, 0) is 32.5 Å². The van der Waals surface area contributed by atoms with E-state index >= 15 is 0 Å². The summed E-state index contributed by atoms with van der Waals surface area (Å²) in [7, 11) is 0. The molecule has 1 aliphatic rings. The Balaban J connectivity index is 1.91. The van der Waals surface area contributed by atoms with Crippen LogP contribution in [0.4, 0.5) is 0 Å². The Labute approximate surface area is 324 Å². The molecule has 0 saturated carbocycles. The number of aromatic hydroxyl groups is 3. The minimum Gasteiger partial charge on any atom is -0.504 e. The highest BCUT2D eigenvalue weighted by atomic mass is 16.7. The van der Waals surface area contributed by atoms with Gasteiger partial charge in [-0.15, -0.1) is 0 Å². The van der Waals surface area contributed by atoms with Gasteiger partial charge in [-0.05, 0) is 67.4 Å². The molecule has 0 spiro atoms. The van der Waals surface area contributed by atoms with Gasteiger partial charge in [0, 0.05) is 22.0 Å². The average molecular weight is 744 g/mol. The molecule has 3 aromatic carbocycles. The maximum Gasteiger partial charge on any atom is 0.227 e. The van der Waals surface area contributed by atoms with E-state index in [1.165, 1.54) is 0 Å². The van der Waals surface area contributed by atoms with E-state index in [2.05, 4.69) is 72.5 Å². The van der Waals surface area contributed by atoms with Crippen LogP contribution in [0.5, 0.6) is 34.5 Å². The lowest BCUT2D eigenvalue weighted by Gasteiger charge is -2.29. The zero-order chi connectivity index (χ0) is 41.1. The van der Waals surface area contributed by atoms with Crippen LogP contribution < -0.4 is 14.3 Å². The van der Waals surface area contributed by atoms with Crippen LogP contribution in [0.25, 0.3) is 0 Å². The smallest absolute Gasteiger partial charge is 0.227 e. The van der Waals surface area contributed by atoms with Crippen LogP contribution in [0.1, 0.15) is 164 Å². The average Bonchev–Trinajstić information content (AvgIpc) is 2.96. The Morgan fingerprint density at radius 1 is 0.426 bits per heavy atom. The molecular formula is C45H65N3O6. The second-order valence-corrected chi connectivity index (χ2v) is 20.8. The summed E-state index contributed by atoms with van der Waals surface area (Å²) in [4.78, 5) is 6.29. The first-order chi connectivity index (χ1) is 24.3. The highest BCUT2D eigenvalue weighted by Gasteiger charge is 2.32. The first-order valence-electron chi connectivity index (χ1n) is 18.9. The molecule has 9 heteroatoms. The molecule has 0 unspecified atom stereocenters. The van der Waals surface area contributed by atoms with Gasteiger partial charge in [-0.3, -0.25) is 0 Å². The number of phenolic OH excluding ortho intramolecular Hbond substituents is 3. The van der Waals surface area contributed by atoms with Crippen molar-refractivity contribution < 1.29 is 29.6 Å². The van der Waals surface area contributed by atoms with Crippen molar-refractivity contribution in [3.05, 3.63) is 69.8 Å². The van der Waals surface area contributed by atoms with Crippen LogP contribution in [0.15, 0.2) is 46.6 Å². The van der Waals surface area contributed by atoms with Crippen molar-refractivity contribution >= 4 is 11.8 Å². The Hall–Kier alpha value is -4.40. The van der Waals surface area contributed by atoms with Gasteiger partial charge in [-0.2, -0.15) is 0 Å². The van der Waals surface area contributed by atoms with Crippen molar-refractivity contribution in [2.45, 2.75) is 164 Å². The summed E-state index contributed by atoms with van der Waals surface area (Å²) >= 11 is 0. The Bertz CT molecular complexity index is 1850. The molecule has 4 rings (SSSR count). The van der Waals surface area contributed by atoms with Crippen molar-refractivity contribution in [3.63, 3.8) is 0 Å². The molecule has 3 N–H and O–H groups in total. The van der Waals surface area contributed by atoms with E-state index in [1.54, 1.807) is 6.07 Å². The quantitative estimate of drug-likeness (QED) is 0.244. The molecule has 296 valence electrons. The van der Waals surface area contributed by atoms with Gasteiger partial charge >= 0.3 is 0 Å². The minimum atomic E-state index is -0.402. The third-order valence-electron chi connectivity index (χ3n) is 9.58. The van der Waals surface area contributed by atoms with Gasteiger partial charge in [0.1, 0.15) is 6.42 Å². The highest BCUT2D eigenvalue weighted by Crippen LogP contribution is 2.45. The van der Waals surface area contributed by atoms with Crippen LogP contribution in [0, 0.1) is 0 Å². The third kappa shape index (κ3) is 9.63. The Kier molecular flexibility index (Phi) is 11.0. The molecule has 3 aromatic rings. The van der Waals surface area contributed by atoms with Gasteiger partial charge in [-0.1, -0.05) is 153 Å². The number of phenols is 3. The molecule has 0 atom stereocenters. The summed E-state index contributed by atoms with van der Waals surface area (Å²) < 4.78 is 12.9. The predicted molar refractivity (Wildman–Crippen MR) is 220 cm³/mol. The zero-order valence-corrected chi connectivity index (χ0v) is 36.1. The maximum atomic E-state index is 11.6. The first kappa shape index (κ1) is 42.3. The van der Waals surface area contributed by atoms with Gasteiger partial charge in [0.25, 0.3) is 0 Å². The molecular weight excluding hydrogens is 679 g/mol. The lowest BCUT2D eigenvalue weighted by Crippen LogP contribution is -2.32. The topological polar surface area (TPSA) is 116 Å². The van der Waals surface area contributed by atoms with Crippen LogP contribution in [0.2, 0.25) is 0 Å². The molecule has 54 heavy (non-hydrogen) atoms. The summed E-state index contributed by atoms with van der Waals surface area (Å²) in [6.07, 6.45) is -0.0326. The molecule has 0 fully saturated rings. The summed E-state index contributed by atoms with van der Waals surface area (Å²) in [5, 5.41) is 44.9. The van der Waals surface area contributed by atoms with Gasteiger partial charge in [-0.25, -0.2) is 0 Å². The number of ether oxygens (including phenoxy) is 2. The fourth-order valence-electron chi connectivity index (χ4n) is 5.97. The van der Waals surface area contributed by atoms with Crippen LogP contribution in [0.3, 0.4) is 0 Å². The van der Waals surface area contributed by atoms with E-state index < -0.39 is 5.41 Å². The standard InChI is InChI=1S/C45H65N3O6/c1-40(2,3)26-19-29(43(10,11)12)37(49)32(22-26)52-35-25-36(53-33-23-27(41(4,5)6)20-30(38(33)50)44(13,14)15)47-48(46-35)54-34-24-28(42(7,8)9)21-31(39(34)51)45(16,17)18/h19-24,49-51H,25H2,1-18H3. The van der Waals surface area contributed by atoms with E-state index in [-0.39, 0.29) is 79.8 Å². The second-order valence-electron chi connectivity index (χ2n) is 20.8. The van der Waals surface area contributed by atoms with Crippen molar-refractivity contribution in [1.29, 1.82) is 0 Å². The number of hydrogen-bond acceptors (Lipinski definition) is 9. The van der Waals surface area contributed by atoms with Gasteiger partial charge in [0.05, 0.1) is 0 Å². The van der Waals surface area contributed by atoms with Crippen molar-refractivity contribution in [2.24, 2.45) is 10.2 Å². The summed E-state index contributed by atoms with van der Waals surface area (Å²) in [6.45, 7) is 37.3. The monoisotopic (exact) mass is 743 g/mol. The number of hydrazone groups is 2. The van der Waals surface area contributed by atoms with Gasteiger partial charge < -0.3 is 29.6 Å². The fraction of sp³-hybridized carbons (Fsp3) is 0.556. The predicted octanol–water partition coefficient (Wildman–Crippen LogP) is 11.4. The SMILES string of the molecule is CC(C)(C)c1cc(OC2=NN(Oc3cc(C(C)(C)C)cc(C(C)(C)C)c3O)N=C(Oc3cc(C(C)(C)C)cc(C(C)(C)C)c3O)C2)c(O)c(C(C)(C)C)c1. The Morgan fingerprint density at radius 3 is 0.981 bits per heavy atom. The first-order valence-corrected chi connectivity index (χ1v) is 18.9. The van der Waals surface area contributed by atoms with Crippen LogP contribution in [-0.4, -0.2) is 32.4 Å². The lowest BCUT2D eigenvalue weighted by atomic mass is 9.80. The van der Waals surface area contributed by atoms with E-state index in [1.807, 2.05) is 92.6 Å². The molecule has 1 heterocycles. The molecule has 1 aliphatic heterocycles. The number of nitrogens with zero attached hydrogens (tertiary/aromatic N) is 3. The lowest BCUT2D eigenvalue weighted by molar-refractivity contribution is -0.0627. The maximum absolute atomic E-state index is 11.6. The highest BCUT2D eigenvalue weighted by molar-refractivity contribution is 6.00. The summed E-state index contributed by atoms with van der Waals surface area (Å²) in [6, 6.07) is 11.5. The zero-order valence-electron chi connectivity index (χ0n) is 36.1. The molecule has 0 radical (unpaired) electrons. The molecule has 0 saturated heterocycles. The molecule has 0 bridgehead atoms. The number of benzene rings is 3. The second kappa shape index (κ2) is 14.0. The molecule has 0 aliphatic carbocycles. The molecule has 0 aromatic heterocycles. The van der Waals surface area contributed by atoms with E-state index in [4.69, 9.17) is 14.3 Å². The summed E-state index contributed by atoms with van der Waals surface area (Å²) in [5.74, 6) is 0.822. The molecule has 0 amide bonds. The number of hydrogen-bond donors (Lipinski definition) is 3. The molecule has 9 nitrogen and oxygen atoms in total. The Morgan fingerprint density at radius 2 is 0.704 bits per heavy atom. The summed E-state index contributed by atoms with van der Waals surface area (Å²) in [5.41, 5.74) is 3.16. The fourth-order valence-corrected chi connectivity index (χ4v) is 5.97. The van der Waals surface area contributed by atoms with Crippen molar-refractivity contribution in [3.8, 4) is 34.5 Å². The minimum absolute atomic E-state index is 0.00586. The van der Waals surface area contributed by atoms with Crippen molar-refractivity contribution in [2.75, 3.05) is 0 Å². The number of rotatable bonds is 4. The normalized spacial score (nSPS) is 14.8. The largest absolute Gasteiger partial charge is 0.504 e. The van der Waals surface area contributed by atoms with E-state index in [0.717, 1.165) is 33.1 Å².